The number of carbonyl (C=O) groups is 1. The van der Waals surface area contributed by atoms with Crippen LogP contribution in [0.5, 0.6) is 0 Å². The Kier molecular flexibility index (Phi) is 3.53. The first-order chi connectivity index (χ1) is 7.79. The van der Waals surface area contributed by atoms with Crippen LogP contribution in [0.2, 0.25) is 0 Å². The molecule has 6 nitrogen and oxygen atoms in total. The fourth-order valence-electron chi connectivity index (χ4n) is 1.67. The molecule has 0 aliphatic carbocycles. The second-order valence-corrected chi connectivity index (χ2v) is 3.73. The molecule has 6 heteroatoms. The van der Waals surface area contributed by atoms with E-state index in [1.54, 1.807) is 17.1 Å². The molecule has 16 heavy (non-hydrogen) atoms. The molecule has 0 radical (unpaired) electrons. The van der Waals surface area contributed by atoms with E-state index in [0.717, 1.165) is 5.69 Å². The largest absolute Gasteiger partial charge is 0.378 e. The van der Waals surface area contributed by atoms with E-state index in [1.807, 2.05) is 4.90 Å². The molecule has 2 heterocycles. The Bertz CT molecular complexity index is 357. The molecule has 0 saturated carbocycles. The topological polar surface area (TPSA) is 73.4 Å². The molecule has 1 amide bonds. The van der Waals surface area contributed by atoms with Crippen molar-refractivity contribution in [3.05, 3.63) is 18.2 Å². The van der Waals surface area contributed by atoms with Crippen LogP contribution in [0, 0.1) is 0 Å². The molecule has 1 fully saturated rings. The molecule has 1 aromatic heterocycles. The van der Waals surface area contributed by atoms with Crippen LogP contribution < -0.4 is 5.73 Å². The Balaban J connectivity index is 1.90. The first-order valence-electron chi connectivity index (χ1n) is 5.36. The maximum atomic E-state index is 11.9. The number of hydrogen-bond donors (Lipinski definition) is 1. The number of nitrogens with two attached hydrogens (primary N) is 1. The molecule has 2 N–H and O–H groups in total. The fourth-order valence-corrected chi connectivity index (χ4v) is 1.67. The van der Waals surface area contributed by atoms with E-state index >= 15 is 0 Å². The van der Waals surface area contributed by atoms with Gasteiger partial charge in [0.1, 0.15) is 6.54 Å². The van der Waals surface area contributed by atoms with Gasteiger partial charge < -0.3 is 19.9 Å². The van der Waals surface area contributed by atoms with Crippen molar-refractivity contribution in [3.8, 4) is 0 Å². The molecule has 88 valence electrons. The van der Waals surface area contributed by atoms with Crippen LogP contribution in [0.15, 0.2) is 12.5 Å². The number of aromatic nitrogens is 2. The molecule has 1 aliphatic heterocycles. The summed E-state index contributed by atoms with van der Waals surface area (Å²) in [5.74, 6) is 0.101. The quantitative estimate of drug-likeness (QED) is 0.729. The molecule has 1 aliphatic rings. The third kappa shape index (κ3) is 2.59. The van der Waals surface area contributed by atoms with Crippen LogP contribution >= 0.6 is 0 Å². The van der Waals surface area contributed by atoms with Gasteiger partial charge in [-0.2, -0.15) is 0 Å². The van der Waals surface area contributed by atoms with Gasteiger partial charge in [0.15, 0.2) is 0 Å². The smallest absolute Gasteiger partial charge is 0.242 e. The van der Waals surface area contributed by atoms with Gasteiger partial charge in [-0.15, -0.1) is 0 Å². The minimum absolute atomic E-state index is 0.101. The number of imidazole rings is 1. The van der Waals surface area contributed by atoms with Crippen molar-refractivity contribution >= 4 is 5.91 Å². The van der Waals surface area contributed by atoms with Gasteiger partial charge in [0, 0.05) is 25.8 Å². The van der Waals surface area contributed by atoms with Gasteiger partial charge in [-0.05, 0) is 0 Å². The van der Waals surface area contributed by atoms with Gasteiger partial charge in [0.25, 0.3) is 0 Å². The lowest BCUT2D eigenvalue weighted by atomic mass is 10.4. The molecule has 0 atom stereocenters. The van der Waals surface area contributed by atoms with E-state index in [9.17, 15) is 4.79 Å². The van der Waals surface area contributed by atoms with Crippen molar-refractivity contribution in [3.63, 3.8) is 0 Å². The van der Waals surface area contributed by atoms with Crippen molar-refractivity contribution in [1.29, 1.82) is 0 Å². The van der Waals surface area contributed by atoms with E-state index in [1.165, 1.54) is 0 Å². The van der Waals surface area contributed by atoms with Crippen molar-refractivity contribution < 1.29 is 9.53 Å². The summed E-state index contributed by atoms with van der Waals surface area (Å²) >= 11 is 0. The number of carbonyl (C=O) groups excluding carboxylic acids is 1. The summed E-state index contributed by atoms with van der Waals surface area (Å²) in [7, 11) is 0. The van der Waals surface area contributed by atoms with Crippen LogP contribution in [0.4, 0.5) is 0 Å². The van der Waals surface area contributed by atoms with E-state index in [4.69, 9.17) is 10.5 Å². The van der Waals surface area contributed by atoms with Gasteiger partial charge in [0.05, 0.1) is 25.2 Å². The molecule has 0 bridgehead atoms. The molecule has 2 rings (SSSR count). The Morgan fingerprint density at radius 1 is 1.50 bits per heavy atom. The number of morpholine rings is 1. The second kappa shape index (κ2) is 5.09. The lowest BCUT2D eigenvalue weighted by molar-refractivity contribution is -0.135. The van der Waals surface area contributed by atoms with E-state index < -0.39 is 0 Å². The Labute approximate surface area is 94.0 Å². The Morgan fingerprint density at radius 3 is 2.88 bits per heavy atom. The predicted octanol–water partition coefficient (Wildman–Crippen LogP) is -0.799. The SMILES string of the molecule is NCc1cn(CC(=O)N2CCOCC2)cn1. The average Bonchev–Trinajstić information content (AvgIpc) is 2.78. The Morgan fingerprint density at radius 2 is 2.25 bits per heavy atom. The lowest BCUT2D eigenvalue weighted by Crippen LogP contribution is -2.42. The summed E-state index contributed by atoms with van der Waals surface area (Å²) in [5.41, 5.74) is 6.25. The van der Waals surface area contributed by atoms with Gasteiger partial charge in [-0.3, -0.25) is 4.79 Å². The van der Waals surface area contributed by atoms with Crippen LogP contribution in [0.3, 0.4) is 0 Å². The minimum Gasteiger partial charge on any atom is -0.378 e. The molecule has 0 unspecified atom stereocenters. The third-order valence-electron chi connectivity index (χ3n) is 2.58. The summed E-state index contributed by atoms with van der Waals surface area (Å²) in [6.07, 6.45) is 3.44. The predicted molar refractivity (Wildman–Crippen MR) is 57.5 cm³/mol. The van der Waals surface area contributed by atoms with Crippen molar-refractivity contribution in [2.45, 2.75) is 13.1 Å². The van der Waals surface area contributed by atoms with Crippen LogP contribution in [-0.2, 0) is 22.6 Å². The van der Waals surface area contributed by atoms with Crippen LogP contribution in [0.25, 0.3) is 0 Å². The Hall–Kier alpha value is -1.40. The normalized spacial score (nSPS) is 16.4. The summed E-state index contributed by atoms with van der Waals surface area (Å²) in [4.78, 5) is 17.7. The molecule has 0 aromatic carbocycles. The summed E-state index contributed by atoms with van der Waals surface area (Å²) in [5, 5.41) is 0. The summed E-state index contributed by atoms with van der Waals surface area (Å²) < 4.78 is 6.96. The monoisotopic (exact) mass is 224 g/mol. The zero-order chi connectivity index (χ0) is 11.4. The fraction of sp³-hybridized carbons (Fsp3) is 0.600. The van der Waals surface area contributed by atoms with Gasteiger partial charge >= 0.3 is 0 Å². The number of ether oxygens (including phenoxy) is 1. The zero-order valence-electron chi connectivity index (χ0n) is 9.13. The van der Waals surface area contributed by atoms with Crippen LogP contribution in [-0.4, -0.2) is 46.7 Å². The van der Waals surface area contributed by atoms with E-state index in [0.29, 0.717) is 39.4 Å². The number of amides is 1. The molecule has 1 aromatic rings. The number of nitrogens with zero attached hydrogens (tertiary/aromatic N) is 3. The highest BCUT2D eigenvalue weighted by Crippen LogP contribution is 2.01. The second-order valence-electron chi connectivity index (χ2n) is 3.73. The molecule has 1 saturated heterocycles. The van der Waals surface area contributed by atoms with E-state index in [2.05, 4.69) is 4.98 Å². The highest BCUT2D eigenvalue weighted by Gasteiger charge is 2.16. The van der Waals surface area contributed by atoms with Crippen molar-refractivity contribution in [2.24, 2.45) is 5.73 Å². The average molecular weight is 224 g/mol. The maximum Gasteiger partial charge on any atom is 0.242 e. The molecule has 0 spiro atoms. The highest BCUT2D eigenvalue weighted by atomic mass is 16.5. The summed E-state index contributed by atoms with van der Waals surface area (Å²) in [6.45, 7) is 3.34. The summed E-state index contributed by atoms with van der Waals surface area (Å²) in [6, 6.07) is 0. The number of hydrogen-bond acceptors (Lipinski definition) is 4. The van der Waals surface area contributed by atoms with Gasteiger partial charge in [-0.1, -0.05) is 0 Å². The highest BCUT2D eigenvalue weighted by molar-refractivity contribution is 5.76. The standard InChI is InChI=1S/C10H16N4O2/c11-5-9-6-13(8-12-9)7-10(15)14-1-3-16-4-2-14/h6,8H,1-5,7,11H2. The van der Waals surface area contributed by atoms with Crippen LogP contribution in [0.1, 0.15) is 5.69 Å². The lowest BCUT2D eigenvalue weighted by Gasteiger charge is -2.26. The van der Waals surface area contributed by atoms with E-state index in [-0.39, 0.29) is 5.91 Å². The first-order valence-corrected chi connectivity index (χ1v) is 5.36. The number of rotatable bonds is 3. The van der Waals surface area contributed by atoms with Gasteiger partial charge in [-0.25, -0.2) is 4.98 Å². The molecular formula is C10H16N4O2. The minimum atomic E-state index is 0.101. The first kappa shape index (κ1) is 11.1. The van der Waals surface area contributed by atoms with Crippen molar-refractivity contribution in [1.82, 2.24) is 14.5 Å². The maximum absolute atomic E-state index is 11.9. The zero-order valence-corrected chi connectivity index (χ0v) is 9.13. The third-order valence-corrected chi connectivity index (χ3v) is 2.58. The van der Waals surface area contributed by atoms with Crippen molar-refractivity contribution in [2.75, 3.05) is 26.3 Å². The molecular weight excluding hydrogens is 208 g/mol. The van der Waals surface area contributed by atoms with Gasteiger partial charge in [0.2, 0.25) is 5.91 Å².